The van der Waals surface area contributed by atoms with Crippen LogP contribution in [0.2, 0.25) is 0 Å². The fourth-order valence-corrected chi connectivity index (χ4v) is 6.83. The van der Waals surface area contributed by atoms with E-state index in [2.05, 4.69) is 9.62 Å². The summed E-state index contributed by atoms with van der Waals surface area (Å²) in [7, 11) is -7.60. The second-order valence-corrected chi connectivity index (χ2v) is 11.5. The topological polar surface area (TPSA) is 104 Å². The Labute approximate surface area is 183 Å². The molecule has 0 spiro atoms. The maximum absolute atomic E-state index is 12.7. The zero-order chi connectivity index (χ0) is 22.2. The van der Waals surface area contributed by atoms with Gasteiger partial charge in [0.2, 0.25) is 15.9 Å². The van der Waals surface area contributed by atoms with Gasteiger partial charge in [0.25, 0.3) is 10.0 Å². The molecule has 0 aromatic heterocycles. The van der Waals surface area contributed by atoms with E-state index in [4.69, 9.17) is 0 Å². The van der Waals surface area contributed by atoms with E-state index in [0.717, 1.165) is 35.9 Å². The summed E-state index contributed by atoms with van der Waals surface area (Å²) in [5.74, 6) is -1.38. The summed E-state index contributed by atoms with van der Waals surface area (Å²) >= 11 is 0. The van der Waals surface area contributed by atoms with Crippen LogP contribution in [0, 0.1) is 5.92 Å². The van der Waals surface area contributed by atoms with Gasteiger partial charge in [0.15, 0.2) is 0 Å². The normalized spacial score (nSPS) is 21.3. The molecule has 2 saturated heterocycles. The lowest BCUT2D eigenvalue weighted by molar-refractivity contribution is -0.119. The summed E-state index contributed by atoms with van der Waals surface area (Å²) in [6, 6.07) is 12.5. The molecule has 1 N–H and O–H groups in total. The van der Waals surface area contributed by atoms with Gasteiger partial charge < -0.3 is 4.90 Å². The van der Waals surface area contributed by atoms with Crippen LogP contribution in [-0.4, -0.2) is 41.6 Å². The van der Waals surface area contributed by atoms with E-state index in [9.17, 15) is 21.6 Å². The molecule has 31 heavy (non-hydrogen) atoms. The molecule has 0 aliphatic carbocycles. The number of hydrogen-bond donors (Lipinski definition) is 1. The second-order valence-electron chi connectivity index (χ2n) is 7.98. The number of piperidine rings is 1. The molecular weight excluding hydrogens is 438 g/mol. The molecule has 2 aliphatic rings. The minimum absolute atomic E-state index is 0.0200. The fourth-order valence-electron chi connectivity index (χ4n) is 3.95. The van der Waals surface area contributed by atoms with Gasteiger partial charge in [0.05, 0.1) is 22.3 Å². The van der Waals surface area contributed by atoms with Gasteiger partial charge in [-0.05, 0) is 67.8 Å². The van der Waals surface area contributed by atoms with Crippen molar-refractivity contribution in [3.63, 3.8) is 0 Å². The summed E-state index contributed by atoms with van der Waals surface area (Å²) < 4.78 is 53.2. The largest absolute Gasteiger partial charge is 0.372 e. The maximum Gasteiger partial charge on any atom is 0.261 e. The quantitative estimate of drug-likeness (QED) is 0.731. The molecule has 0 radical (unpaired) electrons. The van der Waals surface area contributed by atoms with Crippen molar-refractivity contribution >= 4 is 43.0 Å². The highest BCUT2D eigenvalue weighted by Crippen LogP contribution is 2.29. The van der Waals surface area contributed by atoms with Crippen LogP contribution in [-0.2, 0) is 24.8 Å². The first-order valence-electron chi connectivity index (χ1n) is 10.2. The number of anilines is 3. The van der Waals surface area contributed by atoms with Crippen LogP contribution in [0.5, 0.6) is 0 Å². The number of nitrogens with one attached hydrogen (secondary N) is 1. The molecule has 2 fully saturated rings. The Morgan fingerprint density at radius 3 is 2.03 bits per heavy atom. The monoisotopic (exact) mass is 463 g/mol. The Morgan fingerprint density at radius 1 is 0.903 bits per heavy atom. The molecule has 1 amide bonds. The highest BCUT2D eigenvalue weighted by Gasteiger charge is 2.42. The minimum atomic E-state index is -3.86. The van der Waals surface area contributed by atoms with Gasteiger partial charge in [0, 0.05) is 24.5 Å². The van der Waals surface area contributed by atoms with Crippen molar-refractivity contribution in [2.24, 2.45) is 5.92 Å². The Bertz CT molecular complexity index is 1170. The number of hydrogen-bond acceptors (Lipinski definition) is 6. The number of nitrogens with zero attached hydrogens (tertiary/aromatic N) is 2. The summed E-state index contributed by atoms with van der Waals surface area (Å²) in [6.45, 7) is 3.57. The second kappa shape index (κ2) is 8.16. The van der Waals surface area contributed by atoms with E-state index in [1.165, 1.54) is 30.7 Å². The van der Waals surface area contributed by atoms with Gasteiger partial charge in [0.1, 0.15) is 0 Å². The molecule has 1 atom stereocenters. The standard InChI is InChI=1S/C21H25N3O5S2/c1-16-15-30(26,27)24(21(16)25)19-9-11-20(12-10-19)31(28,29)22-17-5-7-18(8-6-17)23-13-3-2-4-14-23/h5-12,16,22H,2-4,13-15H2,1H3. The van der Waals surface area contributed by atoms with Crippen LogP contribution < -0.4 is 13.9 Å². The van der Waals surface area contributed by atoms with Crippen molar-refractivity contribution in [1.29, 1.82) is 0 Å². The molecule has 166 valence electrons. The number of benzene rings is 2. The predicted octanol–water partition coefficient (Wildman–Crippen LogP) is 2.79. The molecule has 2 aliphatic heterocycles. The van der Waals surface area contributed by atoms with Gasteiger partial charge in [-0.25, -0.2) is 21.1 Å². The molecule has 8 nitrogen and oxygen atoms in total. The SMILES string of the molecule is CC1CS(=O)(=O)N(c2ccc(S(=O)(=O)Nc3ccc(N4CCCCC4)cc3)cc2)C1=O. The van der Waals surface area contributed by atoms with Crippen molar-refractivity contribution in [2.45, 2.75) is 31.1 Å². The molecule has 0 saturated carbocycles. The van der Waals surface area contributed by atoms with E-state index in [-0.39, 0.29) is 16.3 Å². The maximum atomic E-state index is 12.7. The third kappa shape index (κ3) is 4.40. The molecule has 2 heterocycles. The van der Waals surface area contributed by atoms with Crippen LogP contribution in [0.15, 0.2) is 53.4 Å². The van der Waals surface area contributed by atoms with E-state index in [1.807, 2.05) is 12.1 Å². The molecule has 2 aromatic carbocycles. The van der Waals surface area contributed by atoms with E-state index < -0.39 is 31.9 Å². The fraction of sp³-hybridized carbons (Fsp3) is 0.381. The average molecular weight is 464 g/mol. The van der Waals surface area contributed by atoms with Gasteiger partial charge in [-0.3, -0.25) is 9.52 Å². The van der Waals surface area contributed by atoms with E-state index in [1.54, 1.807) is 19.1 Å². The average Bonchev–Trinajstić information content (AvgIpc) is 2.95. The van der Waals surface area contributed by atoms with Crippen molar-refractivity contribution in [3.05, 3.63) is 48.5 Å². The zero-order valence-electron chi connectivity index (χ0n) is 17.2. The lowest BCUT2D eigenvalue weighted by Crippen LogP contribution is -2.30. The lowest BCUT2D eigenvalue weighted by Gasteiger charge is -2.28. The predicted molar refractivity (Wildman–Crippen MR) is 120 cm³/mol. The van der Waals surface area contributed by atoms with Crippen molar-refractivity contribution < 1.29 is 21.6 Å². The highest BCUT2D eigenvalue weighted by molar-refractivity contribution is 7.94. The lowest BCUT2D eigenvalue weighted by atomic mass is 10.1. The summed E-state index contributed by atoms with van der Waals surface area (Å²) in [6.07, 6.45) is 3.56. The van der Waals surface area contributed by atoms with Gasteiger partial charge in [-0.1, -0.05) is 6.92 Å². The number of carbonyl (C=O) groups is 1. The van der Waals surface area contributed by atoms with E-state index >= 15 is 0 Å². The highest BCUT2D eigenvalue weighted by atomic mass is 32.2. The number of amides is 1. The number of sulfonamides is 2. The zero-order valence-corrected chi connectivity index (χ0v) is 18.8. The first-order valence-corrected chi connectivity index (χ1v) is 13.3. The van der Waals surface area contributed by atoms with Gasteiger partial charge >= 0.3 is 0 Å². The molecule has 1 unspecified atom stereocenters. The van der Waals surface area contributed by atoms with Crippen LogP contribution in [0.1, 0.15) is 26.2 Å². The summed E-state index contributed by atoms with van der Waals surface area (Å²) in [5, 5.41) is 0. The molecule has 2 aromatic rings. The van der Waals surface area contributed by atoms with Crippen molar-refractivity contribution in [1.82, 2.24) is 0 Å². The Kier molecular flexibility index (Phi) is 5.69. The third-order valence-electron chi connectivity index (χ3n) is 5.58. The molecule has 0 bridgehead atoms. The number of carbonyl (C=O) groups excluding carboxylic acids is 1. The van der Waals surface area contributed by atoms with Crippen LogP contribution in [0.25, 0.3) is 0 Å². The molecule has 4 rings (SSSR count). The first kappa shape index (κ1) is 21.6. The third-order valence-corrected chi connectivity index (χ3v) is 8.85. The first-order chi connectivity index (χ1) is 14.7. The van der Waals surface area contributed by atoms with Crippen LogP contribution in [0.3, 0.4) is 0 Å². The Balaban J connectivity index is 1.49. The summed E-state index contributed by atoms with van der Waals surface area (Å²) in [5.41, 5.74) is 1.65. The Hall–Kier alpha value is -2.59. The van der Waals surface area contributed by atoms with E-state index in [0.29, 0.717) is 5.69 Å². The van der Waals surface area contributed by atoms with Crippen LogP contribution in [0.4, 0.5) is 17.1 Å². The minimum Gasteiger partial charge on any atom is -0.372 e. The number of rotatable bonds is 5. The van der Waals surface area contributed by atoms with Gasteiger partial charge in [-0.2, -0.15) is 0 Å². The van der Waals surface area contributed by atoms with Gasteiger partial charge in [-0.15, -0.1) is 0 Å². The summed E-state index contributed by atoms with van der Waals surface area (Å²) in [4.78, 5) is 14.5. The smallest absolute Gasteiger partial charge is 0.261 e. The molecular formula is C21H25N3O5S2. The van der Waals surface area contributed by atoms with Crippen molar-refractivity contribution in [3.8, 4) is 0 Å². The molecule has 10 heteroatoms. The van der Waals surface area contributed by atoms with Crippen LogP contribution >= 0.6 is 0 Å². The Morgan fingerprint density at radius 2 is 1.48 bits per heavy atom. The van der Waals surface area contributed by atoms with Crippen molar-refractivity contribution in [2.75, 3.05) is 32.8 Å².